The standard InChI is InChI=1S/C14H30N2/c1-6-11(2)12(3)15-13(4)14-7-9-16(5)10-8-14/h11-15H,6-10H2,1-5H3. The summed E-state index contributed by atoms with van der Waals surface area (Å²) in [5.41, 5.74) is 0. The van der Waals surface area contributed by atoms with E-state index >= 15 is 0 Å². The fourth-order valence-electron chi connectivity index (χ4n) is 2.60. The lowest BCUT2D eigenvalue weighted by Crippen LogP contribution is -2.45. The van der Waals surface area contributed by atoms with E-state index < -0.39 is 0 Å². The van der Waals surface area contributed by atoms with E-state index in [1.165, 1.54) is 32.4 Å². The van der Waals surface area contributed by atoms with Gasteiger partial charge in [-0.1, -0.05) is 20.3 Å². The number of hydrogen-bond acceptors (Lipinski definition) is 2. The number of hydrogen-bond donors (Lipinski definition) is 1. The van der Waals surface area contributed by atoms with Gasteiger partial charge in [0.25, 0.3) is 0 Å². The summed E-state index contributed by atoms with van der Waals surface area (Å²) in [4.78, 5) is 2.45. The first-order valence-electron chi connectivity index (χ1n) is 6.99. The molecule has 1 heterocycles. The second-order valence-electron chi connectivity index (χ2n) is 5.77. The predicted molar refractivity (Wildman–Crippen MR) is 71.7 cm³/mol. The Hall–Kier alpha value is -0.0800. The Labute approximate surface area is 102 Å². The molecule has 3 unspecified atom stereocenters. The second kappa shape index (κ2) is 6.61. The van der Waals surface area contributed by atoms with Gasteiger partial charge in [0.1, 0.15) is 0 Å². The highest BCUT2D eigenvalue weighted by atomic mass is 15.1. The van der Waals surface area contributed by atoms with Gasteiger partial charge < -0.3 is 10.2 Å². The molecular weight excluding hydrogens is 196 g/mol. The van der Waals surface area contributed by atoms with Crippen LogP contribution in [0.1, 0.15) is 47.0 Å². The maximum absolute atomic E-state index is 3.80. The minimum atomic E-state index is 0.652. The molecule has 0 aromatic heterocycles. The third kappa shape index (κ3) is 4.06. The quantitative estimate of drug-likeness (QED) is 0.775. The van der Waals surface area contributed by atoms with Gasteiger partial charge in [-0.3, -0.25) is 0 Å². The van der Waals surface area contributed by atoms with Crippen molar-refractivity contribution in [1.29, 1.82) is 0 Å². The van der Waals surface area contributed by atoms with Crippen molar-refractivity contribution in [2.45, 2.75) is 59.0 Å². The molecule has 1 N–H and O–H groups in total. The van der Waals surface area contributed by atoms with Crippen molar-refractivity contribution in [2.75, 3.05) is 20.1 Å². The van der Waals surface area contributed by atoms with E-state index in [9.17, 15) is 0 Å². The molecule has 0 aliphatic carbocycles. The van der Waals surface area contributed by atoms with Crippen LogP contribution in [0.2, 0.25) is 0 Å². The van der Waals surface area contributed by atoms with Crippen LogP contribution in [0.25, 0.3) is 0 Å². The molecule has 1 rings (SSSR count). The van der Waals surface area contributed by atoms with Gasteiger partial charge in [-0.05, 0) is 58.7 Å². The van der Waals surface area contributed by atoms with Gasteiger partial charge in [0.15, 0.2) is 0 Å². The SMILES string of the molecule is CCC(C)C(C)NC(C)C1CCN(C)CC1. The summed E-state index contributed by atoms with van der Waals surface area (Å²) in [5, 5.41) is 3.80. The Balaban J connectivity index is 2.31. The summed E-state index contributed by atoms with van der Waals surface area (Å²) in [7, 11) is 2.23. The van der Waals surface area contributed by atoms with Crippen molar-refractivity contribution in [3.63, 3.8) is 0 Å². The lowest BCUT2D eigenvalue weighted by molar-refractivity contribution is 0.179. The summed E-state index contributed by atoms with van der Waals surface area (Å²) in [5.74, 6) is 1.66. The Morgan fingerprint density at radius 2 is 1.75 bits per heavy atom. The molecule has 1 aliphatic rings. The average molecular weight is 226 g/mol. The molecular formula is C14H30N2. The van der Waals surface area contributed by atoms with E-state index in [-0.39, 0.29) is 0 Å². The molecule has 3 atom stereocenters. The monoisotopic (exact) mass is 226 g/mol. The molecule has 0 saturated carbocycles. The maximum atomic E-state index is 3.80. The van der Waals surface area contributed by atoms with Gasteiger partial charge in [-0.25, -0.2) is 0 Å². The smallest absolute Gasteiger partial charge is 0.00705 e. The molecule has 0 radical (unpaired) electrons. The van der Waals surface area contributed by atoms with E-state index in [0.29, 0.717) is 12.1 Å². The molecule has 0 amide bonds. The molecule has 0 spiro atoms. The molecule has 0 aromatic rings. The van der Waals surface area contributed by atoms with Crippen molar-refractivity contribution >= 4 is 0 Å². The van der Waals surface area contributed by atoms with Gasteiger partial charge in [-0.15, -0.1) is 0 Å². The van der Waals surface area contributed by atoms with Crippen LogP contribution in [-0.2, 0) is 0 Å². The number of piperidine rings is 1. The molecule has 1 fully saturated rings. The van der Waals surface area contributed by atoms with Crippen molar-refractivity contribution in [1.82, 2.24) is 10.2 Å². The van der Waals surface area contributed by atoms with Crippen LogP contribution in [-0.4, -0.2) is 37.1 Å². The lowest BCUT2D eigenvalue weighted by Gasteiger charge is -2.35. The van der Waals surface area contributed by atoms with E-state index in [2.05, 4.69) is 45.0 Å². The normalized spacial score (nSPS) is 25.3. The highest BCUT2D eigenvalue weighted by Gasteiger charge is 2.23. The van der Waals surface area contributed by atoms with Crippen LogP contribution in [0.3, 0.4) is 0 Å². The fraction of sp³-hybridized carbons (Fsp3) is 1.00. The van der Waals surface area contributed by atoms with Crippen molar-refractivity contribution in [3.8, 4) is 0 Å². The summed E-state index contributed by atoms with van der Waals surface area (Å²) >= 11 is 0. The van der Waals surface area contributed by atoms with Crippen LogP contribution >= 0.6 is 0 Å². The summed E-state index contributed by atoms with van der Waals surface area (Å²) in [6.45, 7) is 11.9. The van der Waals surface area contributed by atoms with Crippen LogP contribution in [0.4, 0.5) is 0 Å². The van der Waals surface area contributed by atoms with Crippen LogP contribution in [0.5, 0.6) is 0 Å². The van der Waals surface area contributed by atoms with E-state index in [1.807, 2.05) is 0 Å². The predicted octanol–water partition coefficient (Wildman–Crippen LogP) is 2.74. The van der Waals surface area contributed by atoms with Gasteiger partial charge in [-0.2, -0.15) is 0 Å². The average Bonchev–Trinajstić information content (AvgIpc) is 2.28. The van der Waals surface area contributed by atoms with Crippen molar-refractivity contribution < 1.29 is 0 Å². The zero-order valence-electron chi connectivity index (χ0n) is 11.8. The zero-order chi connectivity index (χ0) is 12.1. The maximum Gasteiger partial charge on any atom is 0.00705 e. The molecule has 2 nitrogen and oxygen atoms in total. The van der Waals surface area contributed by atoms with Crippen LogP contribution in [0.15, 0.2) is 0 Å². The van der Waals surface area contributed by atoms with Gasteiger partial charge in [0, 0.05) is 12.1 Å². The minimum absolute atomic E-state index is 0.652. The molecule has 16 heavy (non-hydrogen) atoms. The van der Waals surface area contributed by atoms with Gasteiger partial charge >= 0.3 is 0 Å². The van der Waals surface area contributed by atoms with E-state index in [1.54, 1.807) is 0 Å². The minimum Gasteiger partial charge on any atom is -0.311 e. The largest absolute Gasteiger partial charge is 0.311 e. The Kier molecular flexibility index (Phi) is 5.77. The van der Waals surface area contributed by atoms with E-state index in [4.69, 9.17) is 0 Å². The Morgan fingerprint density at radius 1 is 1.19 bits per heavy atom. The molecule has 2 heteroatoms. The molecule has 96 valence electrons. The van der Waals surface area contributed by atoms with Crippen LogP contribution in [0, 0.1) is 11.8 Å². The van der Waals surface area contributed by atoms with Gasteiger partial charge in [0.05, 0.1) is 0 Å². The number of nitrogens with one attached hydrogen (secondary N) is 1. The number of rotatable bonds is 5. The molecule has 0 aromatic carbocycles. The first-order valence-corrected chi connectivity index (χ1v) is 6.99. The van der Waals surface area contributed by atoms with Crippen molar-refractivity contribution in [3.05, 3.63) is 0 Å². The first-order chi connectivity index (χ1) is 7.54. The highest BCUT2D eigenvalue weighted by Crippen LogP contribution is 2.20. The second-order valence-corrected chi connectivity index (χ2v) is 5.77. The first kappa shape index (κ1) is 14.0. The van der Waals surface area contributed by atoms with Crippen molar-refractivity contribution in [2.24, 2.45) is 11.8 Å². The summed E-state index contributed by atoms with van der Waals surface area (Å²) in [6, 6.07) is 1.33. The number of nitrogens with zero attached hydrogens (tertiary/aromatic N) is 1. The topological polar surface area (TPSA) is 15.3 Å². The third-order valence-electron chi connectivity index (χ3n) is 4.49. The third-order valence-corrected chi connectivity index (χ3v) is 4.49. The lowest BCUT2D eigenvalue weighted by atomic mass is 9.89. The number of likely N-dealkylation sites (tertiary alicyclic amines) is 1. The Bertz CT molecular complexity index is 185. The zero-order valence-corrected chi connectivity index (χ0v) is 11.8. The van der Waals surface area contributed by atoms with Gasteiger partial charge in [0.2, 0.25) is 0 Å². The molecule has 1 aliphatic heterocycles. The fourth-order valence-corrected chi connectivity index (χ4v) is 2.60. The molecule has 1 saturated heterocycles. The van der Waals surface area contributed by atoms with E-state index in [0.717, 1.165) is 11.8 Å². The Morgan fingerprint density at radius 3 is 2.25 bits per heavy atom. The molecule has 0 bridgehead atoms. The highest BCUT2D eigenvalue weighted by molar-refractivity contribution is 4.81. The van der Waals surface area contributed by atoms with Crippen LogP contribution < -0.4 is 5.32 Å². The summed E-state index contributed by atoms with van der Waals surface area (Å²) in [6.07, 6.45) is 3.99. The summed E-state index contributed by atoms with van der Waals surface area (Å²) < 4.78 is 0.